The second-order valence-corrected chi connectivity index (χ2v) is 8.78. The van der Waals surface area contributed by atoms with Gasteiger partial charge in [-0.15, -0.1) is 0 Å². The van der Waals surface area contributed by atoms with E-state index in [2.05, 4.69) is 0 Å². The van der Waals surface area contributed by atoms with Gasteiger partial charge in [-0.2, -0.15) is 0 Å². The van der Waals surface area contributed by atoms with Crippen molar-refractivity contribution in [2.24, 2.45) is 0 Å². The Kier molecular flexibility index (Phi) is 5.79. The summed E-state index contributed by atoms with van der Waals surface area (Å²) in [6.45, 7) is 1.86. The maximum atomic E-state index is 13.5. The van der Waals surface area contributed by atoms with E-state index in [4.69, 9.17) is 16.3 Å². The number of amides is 1. The molecular weight excluding hydrogens is 462 g/mol. The number of hydrogen-bond donors (Lipinski definition) is 1. The monoisotopic (exact) mass is 483 g/mol. The van der Waals surface area contributed by atoms with Gasteiger partial charge in [0.05, 0.1) is 18.7 Å². The molecule has 5 rings (SSSR count). The molecule has 6 heteroatoms. The van der Waals surface area contributed by atoms with Gasteiger partial charge < -0.3 is 9.84 Å². The Morgan fingerprint density at radius 3 is 2.43 bits per heavy atom. The SMILES string of the molecule is COc1ccccc1C1/C(=C(\O)c2cccc3ccccc23)C(=O)C(=O)N1c1ccc(C)c(Cl)c1. The van der Waals surface area contributed by atoms with Gasteiger partial charge in [-0.1, -0.05) is 78.3 Å². The first-order valence-electron chi connectivity index (χ1n) is 11.1. The molecule has 1 N–H and O–H groups in total. The summed E-state index contributed by atoms with van der Waals surface area (Å²) in [5.74, 6) is -1.27. The third-order valence-electron chi connectivity index (χ3n) is 6.36. The van der Waals surface area contributed by atoms with Crippen molar-refractivity contribution in [2.75, 3.05) is 12.0 Å². The molecule has 1 saturated heterocycles. The molecule has 1 aliphatic heterocycles. The molecule has 1 heterocycles. The number of fused-ring (bicyclic) bond motifs is 1. The van der Waals surface area contributed by atoms with Crippen LogP contribution in [0.1, 0.15) is 22.7 Å². The fourth-order valence-electron chi connectivity index (χ4n) is 4.59. The third-order valence-corrected chi connectivity index (χ3v) is 6.76. The van der Waals surface area contributed by atoms with E-state index in [1.165, 1.54) is 12.0 Å². The Hall–Kier alpha value is -4.09. The number of benzene rings is 4. The first-order chi connectivity index (χ1) is 16.9. The molecule has 1 aliphatic rings. The molecule has 1 atom stereocenters. The number of carbonyl (C=O) groups excluding carboxylic acids is 2. The summed E-state index contributed by atoms with van der Waals surface area (Å²) in [4.78, 5) is 28.3. The van der Waals surface area contributed by atoms with Crippen LogP contribution in [0.5, 0.6) is 5.75 Å². The zero-order valence-electron chi connectivity index (χ0n) is 19.2. The highest BCUT2D eigenvalue weighted by Crippen LogP contribution is 2.45. The fraction of sp³-hybridized carbons (Fsp3) is 0.103. The van der Waals surface area contributed by atoms with Gasteiger partial charge in [-0.25, -0.2) is 0 Å². The number of aryl methyl sites for hydroxylation is 1. The summed E-state index contributed by atoms with van der Waals surface area (Å²) in [6.07, 6.45) is 0. The van der Waals surface area contributed by atoms with Crippen molar-refractivity contribution >= 4 is 45.5 Å². The number of aliphatic hydroxyl groups excluding tert-OH is 1. The number of para-hydroxylation sites is 1. The zero-order chi connectivity index (χ0) is 24.7. The maximum Gasteiger partial charge on any atom is 0.300 e. The van der Waals surface area contributed by atoms with E-state index in [1.54, 1.807) is 42.5 Å². The first-order valence-corrected chi connectivity index (χ1v) is 11.5. The second kappa shape index (κ2) is 8.93. The molecule has 4 aromatic carbocycles. The van der Waals surface area contributed by atoms with Crippen molar-refractivity contribution in [2.45, 2.75) is 13.0 Å². The van der Waals surface area contributed by atoms with E-state index < -0.39 is 17.7 Å². The van der Waals surface area contributed by atoms with E-state index >= 15 is 0 Å². The minimum atomic E-state index is -0.913. The average Bonchev–Trinajstić information content (AvgIpc) is 3.15. The number of ketones is 1. The molecule has 0 bridgehead atoms. The standard InChI is InChI=1S/C29H22ClNO4/c1-17-14-15-19(16-23(17)30)31-26(22-11-5-6-13-24(22)35-2)25(28(33)29(31)34)27(32)21-12-7-9-18-8-3-4-10-20(18)21/h3-16,26,32H,1-2H3/b27-25+. The summed E-state index contributed by atoms with van der Waals surface area (Å²) < 4.78 is 5.58. The van der Waals surface area contributed by atoms with Crippen LogP contribution < -0.4 is 9.64 Å². The second-order valence-electron chi connectivity index (χ2n) is 8.37. The smallest absolute Gasteiger partial charge is 0.300 e. The van der Waals surface area contributed by atoms with Gasteiger partial charge in [0.1, 0.15) is 11.5 Å². The number of ether oxygens (including phenoxy) is 1. The number of anilines is 1. The molecule has 35 heavy (non-hydrogen) atoms. The van der Waals surface area contributed by atoms with Crippen LogP contribution in [0.25, 0.3) is 16.5 Å². The minimum absolute atomic E-state index is 0.00690. The van der Waals surface area contributed by atoms with Crippen molar-refractivity contribution in [3.8, 4) is 5.75 Å². The van der Waals surface area contributed by atoms with Crippen LogP contribution in [-0.4, -0.2) is 23.9 Å². The van der Waals surface area contributed by atoms with E-state index in [0.717, 1.165) is 16.3 Å². The molecule has 0 aromatic heterocycles. The van der Waals surface area contributed by atoms with Gasteiger partial charge in [-0.3, -0.25) is 14.5 Å². The number of aliphatic hydroxyl groups is 1. The van der Waals surface area contributed by atoms with Gasteiger partial charge in [0.2, 0.25) is 0 Å². The highest BCUT2D eigenvalue weighted by molar-refractivity contribution is 6.52. The number of methoxy groups -OCH3 is 1. The molecule has 0 saturated carbocycles. The van der Waals surface area contributed by atoms with Gasteiger partial charge in [0, 0.05) is 21.8 Å². The average molecular weight is 484 g/mol. The molecule has 4 aromatic rings. The number of carbonyl (C=O) groups is 2. The van der Waals surface area contributed by atoms with Crippen LogP contribution in [0.15, 0.2) is 90.5 Å². The summed E-state index contributed by atoms with van der Waals surface area (Å²) in [5.41, 5.74) is 2.34. The van der Waals surface area contributed by atoms with E-state index in [0.29, 0.717) is 27.6 Å². The zero-order valence-corrected chi connectivity index (χ0v) is 19.9. The third kappa shape index (κ3) is 3.74. The highest BCUT2D eigenvalue weighted by Gasteiger charge is 2.48. The lowest BCUT2D eigenvalue weighted by molar-refractivity contribution is -0.132. The number of halogens is 1. The van der Waals surface area contributed by atoms with Crippen LogP contribution in [-0.2, 0) is 9.59 Å². The van der Waals surface area contributed by atoms with Crippen molar-refractivity contribution in [1.29, 1.82) is 0 Å². The highest BCUT2D eigenvalue weighted by atomic mass is 35.5. The molecule has 0 radical (unpaired) electrons. The molecular formula is C29H22ClNO4. The summed E-state index contributed by atoms with van der Waals surface area (Å²) in [5, 5.41) is 13.7. The molecule has 0 aliphatic carbocycles. The molecule has 174 valence electrons. The summed E-state index contributed by atoms with van der Waals surface area (Å²) >= 11 is 6.38. The lowest BCUT2D eigenvalue weighted by Crippen LogP contribution is -2.29. The fourth-order valence-corrected chi connectivity index (χ4v) is 4.77. The number of hydrogen-bond acceptors (Lipinski definition) is 4. The first kappa shape index (κ1) is 22.7. The topological polar surface area (TPSA) is 66.8 Å². The summed E-state index contributed by atoms with van der Waals surface area (Å²) in [7, 11) is 1.53. The van der Waals surface area contributed by atoms with Gasteiger partial charge in [-0.05, 0) is 41.5 Å². The summed E-state index contributed by atoms with van der Waals surface area (Å²) in [6, 6.07) is 24.5. The van der Waals surface area contributed by atoms with Crippen LogP contribution in [0.4, 0.5) is 5.69 Å². The van der Waals surface area contributed by atoms with Gasteiger partial charge in [0.25, 0.3) is 11.7 Å². The minimum Gasteiger partial charge on any atom is -0.507 e. The van der Waals surface area contributed by atoms with Crippen LogP contribution in [0.2, 0.25) is 5.02 Å². The number of rotatable bonds is 4. The van der Waals surface area contributed by atoms with Crippen molar-refractivity contribution in [3.63, 3.8) is 0 Å². The van der Waals surface area contributed by atoms with Crippen molar-refractivity contribution < 1.29 is 19.4 Å². The maximum absolute atomic E-state index is 13.5. The molecule has 1 fully saturated rings. The lowest BCUT2D eigenvalue weighted by atomic mass is 9.92. The Labute approximate surface area is 207 Å². The van der Waals surface area contributed by atoms with E-state index in [-0.39, 0.29) is 11.3 Å². The largest absolute Gasteiger partial charge is 0.507 e. The molecule has 1 amide bonds. The Balaban J connectivity index is 1.81. The van der Waals surface area contributed by atoms with Crippen LogP contribution >= 0.6 is 11.6 Å². The van der Waals surface area contributed by atoms with Gasteiger partial charge in [0.15, 0.2) is 0 Å². The Morgan fingerprint density at radius 1 is 0.943 bits per heavy atom. The van der Waals surface area contributed by atoms with Crippen molar-refractivity contribution in [3.05, 3.63) is 112 Å². The molecule has 1 unspecified atom stereocenters. The lowest BCUT2D eigenvalue weighted by Gasteiger charge is -2.27. The normalized spacial score (nSPS) is 17.2. The molecule has 0 spiro atoms. The van der Waals surface area contributed by atoms with Crippen LogP contribution in [0.3, 0.4) is 0 Å². The Bertz CT molecular complexity index is 1520. The predicted octanol–water partition coefficient (Wildman–Crippen LogP) is 6.44. The van der Waals surface area contributed by atoms with E-state index in [1.807, 2.05) is 49.4 Å². The van der Waals surface area contributed by atoms with Crippen molar-refractivity contribution in [1.82, 2.24) is 0 Å². The Morgan fingerprint density at radius 2 is 1.66 bits per heavy atom. The van der Waals surface area contributed by atoms with Gasteiger partial charge >= 0.3 is 0 Å². The quantitative estimate of drug-likeness (QED) is 0.206. The predicted molar refractivity (Wildman–Crippen MR) is 138 cm³/mol. The molecule has 5 nitrogen and oxygen atoms in total. The number of nitrogens with zero attached hydrogens (tertiary/aromatic N) is 1. The van der Waals surface area contributed by atoms with Crippen LogP contribution in [0, 0.1) is 6.92 Å². The number of Topliss-reactive ketones (excluding diaryl/α,β-unsaturated/α-hetero) is 1. The van der Waals surface area contributed by atoms with E-state index in [9.17, 15) is 14.7 Å².